The molecule has 0 heterocycles. The molecule has 0 saturated heterocycles. The molecule has 1 aliphatic carbocycles. The van der Waals surface area contributed by atoms with Gasteiger partial charge in [0.05, 0.1) is 19.3 Å². The lowest BCUT2D eigenvalue weighted by atomic mass is 9.90. The van der Waals surface area contributed by atoms with Crippen molar-refractivity contribution in [1.29, 1.82) is 0 Å². The van der Waals surface area contributed by atoms with Gasteiger partial charge in [-0.25, -0.2) is 4.79 Å². The van der Waals surface area contributed by atoms with Gasteiger partial charge in [-0.2, -0.15) is 13.2 Å². The van der Waals surface area contributed by atoms with Crippen molar-refractivity contribution in [1.82, 2.24) is 0 Å². The summed E-state index contributed by atoms with van der Waals surface area (Å²) in [5.41, 5.74) is -0.347. The molecule has 132 valence electrons. The second kappa shape index (κ2) is 8.22. The van der Waals surface area contributed by atoms with Crippen LogP contribution in [0.4, 0.5) is 13.2 Å². The predicted molar refractivity (Wildman–Crippen MR) is 84.6 cm³/mol. The molecule has 0 aliphatic heterocycles. The van der Waals surface area contributed by atoms with Crippen molar-refractivity contribution in [3.63, 3.8) is 0 Å². The summed E-state index contributed by atoms with van der Waals surface area (Å²) >= 11 is 0. The first kappa shape index (κ1) is 18.4. The molecular weight excluding hydrogens is 321 g/mol. The van der Waals surface area contributed by atoms with Gasteiger partial charge >= 0.3 is 12.1 Å². The van der Waals surface area contributed by atoms with Crippen LogP contribution in [0.25, 0.3) is 6.08 Å². The number of alkyl halides is 3. The second-order valence-corrected chi connectivity index (χ2v) is 5.92. The van der Waals surface area contributed by atoms with Crippen molar-refractivity contribution in [3.8, 4) is 5.75 Å². The van der Waals surface area contributed by atoms with E-state index >= 15 is 0 Å². The van der Waals surface area contributed by atoms with Gasteiger partial charge in [-0.1, -0.05) is 25.3 Å². The van der Waals surface area contributed by atoms with E-state index in [1.165, 1.54) is 25.7 Å². The Kier molecular flexibility index (Phi) is 6.29. The number of methoxy groups -OCH3 is 1. The normalized spacial score (nSPS) is 16.3. The van der Waals surface area contributed by atoms with E-state index in [9.17, 15) is 18.0 Å². The van der Waals surface area contributed by atoms with Gasteiger partial charge in [0.1, 0.15) is 5.75 Å². The highest BCUT2D eigenvalue weighted by Gasteiger charge is 2.31. The third-order valence-electron chi connectivity index (χ3n) is 4.14. The molecule has 0 bridgehead atoms. The summed E-state index contributed by atoms with van der Waals surface area (Å²) in [5.74, 6) is -0.0746. The molecule has 0 spiro atoms. The summed E-state index contributed by atoms with van der Waals surface area (Å²) in [4.78, 5) is 11.2. The van der Waals surface area contributed by atoms with Crippen LogP contribution in [0.15, 0.2) is 24.3 Å². The highest BCUT2D eigenvalue weighted by molar-refractivity contribution is 5.87. The number of esters is 1. The number of halogens is 3. The number of hydrogen-bond acceptors (Lipinski definition) is 3. The summed E-state index contributed by atoms with van der Waals surface area (Å²) in [6.45, 7) is 0.389. The molecular formula is C18H21F3O3. The first-order valence-corrected chi connectivity index (χ1v) is 8.00. The second-order valence-electron chi connectivity index (χ2n) is 5.92. The van der Waals surface area contributed by atoms with Crippen molar-refractivity contribution in [2.45, 2.75) is 38.3 Å². The zero-order chi connectivity index (χ0) is 17.6. The minimum absolute atomic E-state index is 0.135. The molecule has 3 nitrogen and oxygen atoms in total. The lowest BCUT2D eigenvalue weighted by Gasteiger charge is -2.22. The number of carbonyl (C=O) groups is 1. The molecule has 24 heavy (non-hydrogen) atoms. The van der Waals surface area contributed by atoms with Crippen molar-refractivity contribution in [2.24, 2.45) is 5.92 Å². The smallest absolute Gasteiger partial charge is 0.416 e. The Morgan fingerprint density at radius 3 is 2.58 bits per heavy atom. The molecule has 0 unspecified atom stereocenters. The predicted octanol–water partition coefficient (Wildman–Crippen LogP) is 4.85. The Morgan fingerprint density at radius 2 is 1.96 bits per heavy atom. The lowest BCUT2D eigenvalue weighted by molar-refractivity contribution is -0.138. The Balaban J connectivity index is 2.18. The fraction of sp³-hybridized carbons (Fsp3) is 0.500. The van der Waals surface area contributed by atoms with E-state index in [0.29, 0.717) is 18.1 Å². The molecule has 0 N–H and O–H groups in total. The average molecular weight is 342 g/mol. The van der Waals surface area contributed by atoms with Gasteiger partial charge in [0.15, 0.2) is 0 Å². The molecule has 0 radical (unpaired) electrons. The first-order valence-electron chi connectivity index (χ1n) is 8.00. The average Bonchev–Trinajstić information content (AvgIpc) is 2.58. The van der Waals surface area contributed by atoms with Crippen LogP contribution in [0.1, 0.15) is 43.2 Å². The van der Waals surface area contributed by atoms with Crippen LogP contribution < -0.4 is 4.74 Å². The van der Waals surface area contributed by atoms with Crippen LogP contribution in [-0.4, -0.2) is 19.7 Å². The van der Waals surface area contributed by atoms with E-state index in [2.05, 4.69) is 4.74 Å². The maximum atomic E-state index is 12.9. The molecule has 0 atom stereocenters. The van der Waals surface area contributed by atoms with E-state index in [1.54, 1.807) is 0 Å². The monoisotopic (exact) mass is 342 g/mol. The molecule has 1 aliphatic rings. The van der Waals surface area contributed by atoms with E-state index in [1.807, 2.05) is 0 Å². The molecule has 1 aromatic carbocycles. The topological polar surface area (TPSA) is 35.5 Å². The summed E-state index contributed by atoms with van der Waals surface area (Å²) in [7, 11) is 1.24. The van der Waals surface area contributed by atoms with Gasteiger partial charge in [-0.05, 0) is 37.0 Å². The number of hydrogen-bond donors (Lipinski definition) is 0. The van der Waals surface area contributed by atoms with Gasteiger partial charge in [0, 0.05) is 11.6 Å². The van der Waals surface area contributed by atoms with Crippen LogP contribution in [0.5, 0.6) is 5.75 Å². The molecule has 6 heteroatoms. The van der Waals surface area contributed by atoms with Gasteiger partial charge in [-0.15, -0.1) is 0 Å². The summed E-state index contributed by atoms with van der Waals surface area (Å²) in [5, 5.41) is 0. The van der Waals surface area contributed by atoms with Crippen LogP contribution in [0, 0.1) is 5.92 Å². The summed E-state index contributed by atoms with van der Waals surface area (Å²) in [6, 6.07) is 3.27. The van der Waals surface area contributed by atoms with Crippen LogP contribution >= 0.6 is 0 Å². The maximum Gasteiger partial charge on any atom is 0.416 e. The zero-order valence-electron chi connectivity index (χ0n) is 13.6. The number of carbonyl (C=O) groups excluding carboxylic acids is 1. The highest BCUT2D eigenvalue weighted by atomic mass is 19.4. The third kappa shape index (κ3) is 5.28. The van der Waals surface area contributed by atoms with Gasteiger partial charge in [0.25, 0.3) is 0 Å². The van der Waals surface area contributed by atoms with E-state index < -0.39 is 17.7 Å². The van der Waals surface area contributed by atoms with Crippen LogP contribution in [-0.2, 0) is 15.7 Å². The molecule has 1 saturated carbocycles. The van der Waals surface area contributed by atoms with Gasteiger partial charge < -0.3 is 9.47 Å². The summed E-state index contributed by atoms with van der Waals surface area (Å²) < 4.78 is 48.9. The van der Waals surface area contributed by atoms with Crippen LogP contribution in [0.2, 0.25) is 0 Å². The van der Waals surface area contributed by atoms with Gasteiger partial charge in [0.2, 0.25) is 0 Å². The Hall–Kier alpha value is -1.98. The molecule has 1 aromatic rings. The fourth-order valence-corrected chi connectivity index (χ4v) is 2.76. The van der Waals surface area contributed by atoms with Crippen molar-refractivity contribution < 1.29 is 27.4 Å². The number of rotatable bonds is 5. The Bertz CT molecular complexity index is 588. The van der Waals surface area contributed by atoms with E-state index in [0.717, 1.165) is 43.9 Å². The Labute approximate surface area is 139 Å². The first-order chi connectivity index (χ1) is 11.4. The number of benzene rings is 1. The lowest BCUT2D eigenvalue weighted by Crippen LogP contribution is -2.16. The molecule has 2 rings (SSSR count). The Morgan fingerprint density at radius 1 is 1.25 bits per heavy atom. The molecule has 1 fully saturated rings. The minimum atomic E-state index is -4.44. The zero-order valence-corrected chi connectivity index (χ0v) is 13.6. The summed E-state index contributed by atoms with van der Waals surface area (Å²) in [6.07, 6.45) is 3.66. The van der Waals surface area contributed by atoms with Crippen molar-refractivity contribution in [2.75, 3.05) is 13.7 Å². The fourth-order valence-electron chi connectivity index (χ4n) is 2.76. The maximum absolute atomic E-state index is 12.9. The van der Waals surface area contributed by atoms with E-state index in [4.69, 9.17) is 4.74 Å². The van der Waals surface area contributed by atoms with Crippen molar-refractivity contribution in [3.05, 3.63) is 35.4 Å². The quantitative estimate of drug-likeness (QED) is 0.567. The van der Waals surface area contributed by atoms with Crippen molar-refractivity contribution >= 4 is 12.0 Å². The number of ether oxygens (including phenoxy) is 2. The van der Waals surface area contributed by atoms with Gasteiger partial charge in [-0.3, -0.25) is 0 Å². The van der Waals surface area contributed by atoms with Crippen LogP contribution in [0.3, 0.4) is 0 Å². The molecule has 0 aromatic heterocycles. The standard InChI is InChI=1S/C18H21F3O3/c1-23-17(22)10-8-14-7-9-15(18(19,20)21)11-16(14)24-12-13-5-3-2-4-6-13/h7-11,13H,2-6,12H2,1H3. The highest BCUT2D eigenvalue weighted by Crippen LogP contribution is 2.34. The minimum Gasteiger partial charge on any atom is -0.493 e. The van der Waals surface area contributed by atoms with E-state index in [-0.39, 0.29) is 5.75 Å². The SMILES string of the molecule is COC(=O)C=Cc1ccc(C(F)(F)F)cc1OCC1CCCCC1. The largest absolute Gasteiger partial charge is 0.493 e. The third-order valence-corrected chi connectivity index (χ3v) is 4.14. The molecule has 0 amide bonds.